The molecule has 2 aromatic rings. The van der Waals surface area contributed by atoms with Gasteiger partial charge in [-0.2, -0.15) is 0 Å². The van der Waals surface area contributed by atoms with Crippen LogP contribution in [0.5, 0.6) is 0 Å². The van der Waals surface area contributed by atoms with E-state index in [0.29, 0.717) is 12.0 Å². The Hall–Kier alpha value is -1.45. The Balaban J connectivity index is 2.00. The number of benzene rings is 1. The maximum absolute atomic E-state index is 5.54. The number of fused-ring (bicyclic) bond motifs is 1. The highest BCUT2D eigenvalue weighted by atomic mass is 16.5. The lowest BCUT2D eigenvalue weighted by molar-refractivity contribution is 0.108. The van der Waals surface area contributed by atoms with E-state index in [1.165, 1.54) is 10.9 Å². The number of hydrogen-bond acceptors (Lipinski definition) is 3. The molecule has 108 valence electrons. The molecule has 1 N–H and O–H groups in total. The van der Waals surface area contributed by atoms with Crippen molar-refractivity contribution in [1.82, 2.24) is 10.3 Å². The molecular formula is C17H24N2O. The van der Waals surface area contributed by atoms with Crippen molar-refractivity contribution in [2.75, 3.05) is 13.2 Å². The van der Waals surface area contributed by atoms with Gasteiger partial charge in [0.05, 0.1) is 12.1 Å². The maximum Gasteiger partial charge on any atom is 0.0702 e. The summed E-state index contributed by atoms with van der Waals surface area (Å²) in [6.45, 7) is 8.88. The third-order valence-electron chi connectivity index (χ3n) is 3.54. The molecule has 1 heterocycles. The van der Waals surface area contributed by atoms with Crippen LogP contribution in [-0.4, -0.2) is 24.2 Å². The zero-order chi connectivity index (χ0) is 14.4. The van der Waals surface area contributed by atoms with Gasteiger partial charge in [0, 0.05) is 30.8 Å². The van der Waals surface area contributed by atoms with Crippen molar-refractivity contribution in [1.29, 1.82) is 0 Å². The number of rotatable bonds is 7. The van der Waals surface area contributed by atoms with Gasteiger partial charge in [0.1, 0.15) is 0 Å². The van der Waals surface area contributed by atoms with Gasteiger partial charge in [-0.15, -0.1) is 0 Å². The van der Waals surface area contributed by atoms with E-state index in [9.17, 15) is 0 Å². The summed E-state index contributed by atoms with van der Waals surface area (Å²) in [5, 5.41) is 4.78. The molecule has 0 amide bonds. The topological polar surface area (TPSA) is 34.1 Å². The molecule has 0 aliphatic heterocycles. The van der Waals surface area contributed by atoms with Crippen molar-refractivity contribution in [2.24, 2.45) is 5.92 Å². The third-order valence-corrected chi connectivity index (χ3v) is 3.54. The second-order valence-electron chi connectivity index (χ2n) is 5.42. The summed E-state index contributed by atoms with van der Waals surface area (Å²) in [6, 6.07) is 10.9. The Morgan fingerprint density at radius 3 is 2.85 bits per heavy atom. The number of pyridine rings is 1. The van der Waals surface area contributed by atoms with E-state index in [4.69, 9.17) is 4.74 Å². The fourth-order valence-corrected chi connectivity index (χ4v) is 2.22. The molecule has 1 atom stereocenters. The van der Waals surface area contributed by atoms with Gasteiger partial charge in [0.2, 0.25) is 0 Å². The van der Waals surface area contributed by atoms with Crippen LogP contribution >= 0.6 is 0 Å². The first-order valence-corrected chi connectivity index (χ1v) is 7.35. The van der Waals surface area contributed by atoms with Crippen LogP contribution in [0.3, 0.4) is 0 Å². The predicted molar refractivity (Wildman–Crippen MR) is 83.7 cm³/mol. The van der Waals surface area contributed by atoms with Crippen LogP contribution < -0.4 is 5.32 Å². The first-order chi connectivity index (χ1) is 9.70. The van der Waals surface area contributed by atoms with Crippen molar-refractivity contribution in [3.63, 3.8) is 0 Å². The van der Waals surface area contributed by atoms with Crippen LogP contribution in [0.25, 0.3) is 10.9 Å². The van der Waals surface area contributed by atoms with E-state index < -0.39 is 0 Å². The molecular weight excluding hydrogens is 248 g/mol. The lowest BCUT2D eigenvalue weighted by atomic mass is 10.0. The molecule has 1 aromatic carbocycles. The van der Waals surface area contributed by atoms with Crippen LogP contribution in [0.2, 0.25) is 0 Å². The summed E-state index contributed by atoms with van der Waals surface area (Å²) in [7, 11) is 0. The Bertz CT molecular complexity index is 539. The van der Waals surface area contributed by atoms with Gasteiger partial charge in [-0.1, -0.05) is 26.0 Å². The van der Waals surface area contributed by atoms with Crippen molar-refractivity contribution in [3.05, 3.63) is 42.1 Å². The minimum Gasteiger partial charge on any atom is -0.380 e. The van der Waals surface area contributed by atoms with E-state index in [0.717, 1.165) is 25.3 Å². The van der Waals surface area contributed by atoms with Gasteiger partial charge in [0.15, 0.2) is 0 Å². The molecule has 3 nitrogen and oxygen atoms in total. The largest absolute Gasteiger partial charge is 0.380 e. The maximum atomic E-state index is 5.54. The Labute approximate surface area is 121 Å². The molecule has 0 saturated carbocycles. The monoisotopic (exact) mass is 272 g/mol. The van der Waals surface area contributed by atoms with Gasteiger partial charge in [-0.05, 0) is 36.6 Å². The molecule has 0 spiro atoms. The Morgan fingerprint density at radius 1 is 1.25 bits per heavy atom. The van der Waals surface area contributed by atoms with Crippen LogP contribution in [0.15, 0.2) is 36.5 Å². The second kappa shape index (κ2) is 7.36. The lowest BCUT2D eigenvalue weighted by Gasteiger charge is -2.22. The van der Waals surface area contributed by atoms with Gasteiger partial charge >= 0.3 is 0 Å². The molecule has 1 aromatic heterocycles. The van der Waals surface area contributed by atoms with E-state index in [2.05, 4.69) is 48.4 Å². The first-order valence-electron chi connectivity index (χ1n) is 7.35. The molecule has 0 fully saturated rings. The molecule has 1 unspecified atom stereocenters. The summed E-state index contributed by atoms with van der Waals surface area (Å²) in [5.74, 6) is 0.559. The summed E-state index contributed by atoms with van der Waals surface area (Å²) in [4.78, 5) is 4.35. The second-order valence-corrected chi connectivity index (χ2v) is 5.42. The molecule has 0 saturated heterocycles. The minimum absolute atomic E-state index is 0.388. The summed E-state index contributed by atoms with van der Waals surface area (Å²) in [6.07, 6.45) is 1.83. The van der Waals surface area contributed by atoms with E-state index in [1.54, 1.807) is 0 Å². The Kier molecular flexibility index (Phi) is 5.50. The zero-order valence-electron chi connectivity index (χ0n) is 12.6. The van der Waals surface area contributed by atoms with Crippen molar-refractivity contribution >= 4 is 10.9 Å². The highest BCUT2D eigenvalue weighted by Crippen LogP contribution is 2.13. The summed E-state index contributed by atoms with van der Waals surface area (Å²) >= 11 is 0. The third kappa shape index (κ3) is 4.02. The van der Waals surface area contributed by atoms with E-state index >= 15 is 0 Å². The number of aromatic nitrogens is 1. The highest BCUT2D eigenvalue weighted by molar-refractivity contribution is 5.78. The molecule has 2 rings (SSSR count). The smallest absolute Gasteiger partial charge is 0.0702 e. The van der Waals surface area contributed by atoms with Gasteiger partial charge in [-0.3, -0.25) is 4.98 Å². The summed E-state index contributed by atoms with van der Waals surface area (Å²) in [5.41, 5.74) is 2.33. The zero-order valence-corrected chi connectivity index (χ0v) is 12.6. The number of nitrogens with zero attached hydrogens (tertiary/aromatic N) is 1. The average Bonchev–Trinajstić information content (AvgIpc) is 2.46. The molecule has 0 radical (unpaired) electrons. The van der Waals surface area contributed by atoms with Crippen molar-refractivity contribution in [3.8, 4) is 0 Å². The van der Waals surface area contributed by atoms with Crippen LogP contribution in [-0.2, 0) is 11.3 Å². The first kappa shape index (κ1) is 14.9. The van der Waals surface area contributed by atoms with Crippen molar-refractivity contribution in [2.45, 2.75) is 33.4 Å². The SMILES string of the molecule is CCOCC(NCc1ccc2ncccc2c1)C(C)C. The fourth-order valence-electron chi connectivity index (χ4n) is 2.22. The lowest BCUT2D eigenvalue weighted by Crippen LogP contribution is -2.37. The fraction of sp³-hybridized carbons (Fsp3) is 0.471. The minimum atomic E-state index is 0.388. The van der Waals surface area contributed by atoms with Gasteiger partial charge < -0.3 is 10.1 Å². The standard InChI is InChI=1S/C17H24N2O/c1-4-20-12-17(13(2)3)19-11-14-7-8-16-15(10-14)6-5-9-18-16/h5-10,13,17,19H,4,11-12H2,1-3H3. The van der Waals surface area contributed by atoms with E-state index in [1.807, 2.05) is 19.2 Å². The van der Waals surface area contributed by atoms with Gasteiger partial charge in [-0.25, -0.2) is 0 Å². The molecule has 0 aliphatic rings. The highest BCUT2D eigenvalue weighted by Gasteiger charge is 2.12. The van der Waals surface area contributed by atoms with Crippen LogP contribution in [0.1, 0.15) is 26.3 Å². The predicted octanol–water partition coefficient (Wildman–Crippen LogP) is 3.39. The quantitative estimate of drug-likeness (QED) is 0.839. The molecule has 0 aliphatic carbocycles. The Morgan fingerprint density at radius 2 is 2.10 bits per heavy atom. The normalized spacial score (nSPS) is 13.0. The molecule has 20 heavy (non-hydrogen) atoms. The number of nitrogens with one attached hydrogen (secondary N) is 1. The average molecular weight is 272 g/mol. The molecule has 3 heteroatoms. The molecule has 0 bridgehead atoms. The van der Waals surface area contributed by atoms with Gasteiger partial charge in [0.25, 0.3) is 0 Å². The van der Waals surface area contributed by atoms with Crippen molar-refractivity contribution < 1.29 is 4.74 Å². The number of hydrogen-bond donors (Lipinski definition) is 1. The summed E-state index contributed by atoms with van der Waals surface area (Å²) < 4.78 is 5.54. The number of ether oxygens (including phenoxy) is 1. The van der Waals surface area contributed by atoms with Crippen LogP contribution in [0, 0.1) is 5.92 Å². The van der Waals surface area contributed by atoms with Crippen LogP contribution in [0.4, 0.5) is 0 Å². The van der Waals surface area contributed by atoms with E-state index in [-0.39, 0.29) is 0 Å².